The van der Waals surface area contributed by atoms with Crippen molar-refractivity contribution in [1.82, 2.24) is 14.9 Å². The van der Waals surface area contributed by atoms with Crippen LogP contribution in [0.2, 0.25) is 0 Å². The van der Waals surface area contributed by atoms with Gasteiger partial charge >= 0.3 is 0 Å². The number of para-hydroxylation sites is 2. The largest absolute Gasteiger partial charge is 0.489 e. The summed E-state index contributed by atoms with van der Waals surface area (Å²) < 4.78 is 11.3. The average Bonchev–Trinajstić information content (AvgIpc) is 2.63. The van der Waals surface area contributed by atoms with Crippen molar-refractivity contribution in [2.75, 3.05) is 50.0 Å². The van der Waals surface area contributed by atoms with Crippen LogP contribution in [0, 0.1) is 6.92 Å². The molecule has 0 spiro atoms. The third kappa shape index (κ3) is 6.08. The second kappa shape index (κ2) is 9.53. The molecular weight excluding hydrogens is 342 g/mol. The highest BCUT2D eigenvalue weighted by Gasteiger charge is 2.11. The zero-order valence-corrected chi connectivity index (χ0v) is 16.4. The molecule has 0 atom stereocenters. The molecule has 27 heavy (non-hydrogen) atoms. The smallest absolute Gasteiger partial charge is 0.224 e. The molecule has 1 fully saturated rings. The number of benzene rings is 1. The fraction of sp³-hybridized carbons (Fsp3) is 0.500. The van der Waals surface area contributed by atoms with E-state index >= 15 is 0 Å². The van der Waals surface area contributed by atoms with Gasteiger partial charge in [0.15, 0.2) is 0 Å². The van der Waals surface area contributed by atoms with E-state index in [2.05, 4.69) is 25.5 Å². The van der Waals surface area contributed by atoms with Gasteiger partial charge in [0.1, 0.15) is 11.6 Å². The second-order valence-corrected chi connectivity index (χ2v) is 6.89. The molecule has 2 N–H and O–H groups in total. The number of aromatic nitrogens is 2. The monoisotopic (exact) mass is 371 g/mol. The SMILES string of the molecule is Cc1cc(Nc2ccccc2OC(C)C)nc(NCCN2CCOCC2)n1. The van der Waals surface area contributed by atoms with Crippen molar-refractivity contribution in [3.63, 3.8) is 0 Å². The Bertz CT molecular complexity index is 732. The minimum atomic E-state index is 0.109. The topological polar surface area (TPSA) is 71.5 Å². The molecule has 0 aliphatic carbocycles. The quantitative estimate of drug-likeness (QED) is 0.739. The third-order valence-corrected chi connectivity index (χ3v) is 4.18. The first-order valence-electron chi connectivity index (χ1n) is 9.52. The first-order valence-corrected chi connectivity index (χ1v) is 9.52. The summed E-state index contributed by atoms with van der Waals surface area (Å²) in [7, 11) is 0. The van der Waals surface area contributed by atoms with Crippen molar-refractivity contribution in [2.24, 2.45) is 0 Å². The molecule has 7 heteroatoms. The first-order chi connectivity index (χ1) is 13.1. The normalized spacial score (nSPS) is 15.0. The van der Waals surface area contributed by atoms with Crippen molar-refractivity contribution < 1.29 is 9.47 Å². The van der Waals surface area contributed by atoms with E-state index in [0.29, 0.717) is 5.95 Å². The van der Waals surface area contributed by atoms with E-state index in [0.717, 1.165) is 62.3 Å². The van der Waals surface area contributed by atoms with Gasteiger partial charge in [-0.15, -0.1) is 0 Å². The summed E-state index contributed by atoms with van der Waals surface area (Å²) in [5.41, 5.74) is 1.80. The molecule has 3 rings (SSSR count). The van der Waals surface area contributed by atoms with E-state index in [1.54, 1.807) is 0 Å². The molecule has 0 unspecified atom stereocenters. The lowest BCUT2D eigenvalue weighted by atomic mass is 10.3. The van der Waals surface area contributed by atoms with Gasteiger partial charge in [0.05, 0.1) is 25.0 Å². The molecule has 0 saturated carbocycles. The molecule has 1 aliphatic rings. The van der Waals surface area contributed by atoms with Crippen molar-refractivity contribution in [3.8, 4) is 5.75 Å². The van der Waals surface area contributed by atoms with E-state index in [-0.39, 0.29) is 6.10 Å². The summed E-state index contributed by atoms with van der Waals surface area (Å²) in [4.78, 5) is 11.5. The first kappa shape index (κ1) is 19.4. The summed E-state index contributed by atoms with van der Waals surface area (Å²) in [5.74, 6) is 2.19. The Kier molecular flexibility index (Phi) is 6.84. The number of hydrogen-bond donors (Lipinski definition) is 2. The van der Waals surface area contributed by atoms with Crippen LogP contribution in [0.4, 0.5) is 17.5 Å². The molecule has 1 aliphatic heterocycles. The van der Waals surface area contributed by atoms with Crippen LogP contribution in [0.5, 0.6) is 5.75 Å². The Morgan fingerprint density at radius 3 is 2.74 bits per heavy atom. The van der Waals surface area contributed by atoms with Crippen LogP contribution in [0.1, 0.15) is 19.5 Å². The van der Waals surface area contributed by atoms with Crippen LogP contribution < -0.4 is 15.4 Å². The van der Waals surface area contributed by atoms with Crippen LogP contribution in [0.15, 0.2) is 30.3 Å². The van der Waals surface area contributed by atoms with Gasteiger partial charge in [-0.05, 0) is 32.9 Å². The van der Waals surface area contributed by atoms with E-state index < -0.39 is 0 Å². The highest BCUT2D eigenvalue weighted by molar-refractivity contribution is 5.64. The van der Waals surface area contributed by atoms with Gasteiger partial charge in [0.2, 0.25) is 5.95 Å². The second-order valence-electron chi connectivity index (χ2n) is 6.89. The molecule has 0 bridgehead atoms. The zero-order valence-electron chi connectivity index (χ0n) is 16.4. The van der Waals surface area contributed by atoms with Crippen molar-refractivity contribution in [1.29, 1.82) is 0 Å². The number of aryl methyl sites for hydroxylation is 1. The molecule has 0 radical (unpaired) electrons. The summed E-state index contributed by atoms with van der Waals surface area (Å²) in [6.07, 6.45) is 0.109. The van der Waals surface area contributed by atoms with Crippen LogP contribution in [0.3, 0.4) is 0 Å². The maximum atomic E-state index is 5.87. The minimum Gasteiger partial charge on any atom is -0.489 e. The summed E-state index contributed by atoms with van der Waals surface area (Å²) in [6, 6.07) is 9.82. The van der Waals surface area contributed by atoms with Crippen molar-refractivity contribution >= 4 is 17.5 Å². The lowest BCUT2D eigenvalue weighted by molar-refractivity contribution is 0.0398. The number of hydrogen-bond acceptors (Lipinski definition) is 7. The number of ether oxygens (including phenoxy) is 2. The molecular formula is C20H29N5O2. The van der Waals surface area contributed by atoms with E-state index in [1.807, 2.05) is 51.1 Å². The van der Waals surface area contributed by atoms with E-state index in [9.17, 15) is 0 Å². The lowest BCUT2D eigenvalue weighted by Crippen LogP contribution is -2.39. The highest BCUT2D eigenvalue weighted by Crippen LogP contribution is 2.28. The van der Waals surface area contributed by atoms with Crippen LogP contribution in [-0.4, -0.2) is 60.4 Å². The van der Waals surface area contributed by atoms with Crippen LogP contribution >= 0.6 is 0 Å². The highest BCUT2D eigenvalue weighted by atomic mass is 16.5. The number of morpholine rings is 1. The standard InChI is InChI=1S/C20H29N5O2/c1-15(2)27-18-7-5-4-6-17(18)23-19-14-16(3)22-20(24-19)21-8-9-25-10-12-26-13-11-25/h4-7,14-15H,8-13H2,1-3H3,(H2,21,22,23,24). The third-order valence-electron chi connectivity index (χ3n) is 4.18. The minimum absolute atomic E-state index is 0.109. The summed E-state index contributed by atoms with van der Waals surface area (Å²) in [6.45, 7) is 11.3. The molecule has 146 valence electrons. The Morgan fingerprint density at radius 1 is 1.19 bits per heavy atom. The van der Waals surface area contributed by atoms with Gasteiger partial charge < -0.3 is 20.1 Å². The predicted octanol–water partition coefficient (Wildman–Crippen LogP) is 3.06. The van der Waals surface area contributed by atoms with Gasteiger partial charge in [-0.2, -0.15) is 4.98 Å². The molecule has 2 heterocycles. The number of anilines is 3. The number of nitrogens with zero attached hydrogens (tertiary/aromatic N) is 3. The van der Waals surface area contributed by atoms with Gasteiger partial charge in [-0.1, -0.05) is 12.1 Å². The zero-order chi connectivity index (χ0) is 19.1. The molecule has 0 amide bonds. The Balaban J connectivity index is 1.63. The average molecular weight is 371 g/mol. The fourth-order valence-electron chi connectivity index (χ4n) is 2.93. The maximum Gasteiger partial charge on any atom is 0.224 e. The van der Waals surface area contributed by atoms with Gasteiger partial charge in [-0.25, -0.2) is 4.98 Å². The van der Waals surface area contributed by atoms with Gasteiger partial charge in [0.25, 0.3) is 0 Å². The maximum absolute atomic E-state index is 5.87. The van der Waals surface area contributed by atoms with E-state index in [4.69, 9.17) is 9.47 Å². The number of nitrogens with one attached hydrogen (secondary N) is 2. The summed E-state index contributed by atoms with van der Waals surface area (Å²) >= 11 is 0. The van der Waals surface area contributed by atoms with Gasteiger partial charge in [-0.3, -0.25) is 4.90 Å². The van der Waals surface area contributed by atoms with Crippen molar-refractivity contribution in [2.45, 2.75) is 26.9 Å². The summed E-state index contributed by atoms with van der Waals surface area (Å²) in [5, 5.41) is 6.69. The molecule has 2 aromatic rings. The Labute approximate surface area is 161 Å². The molecule has 1 saturated heterocycles. The fourth-order valence-corrected chi connectivity index (χ4v) is 2.93. The molecule has 1 aromatic carbocycles. The van der Waals surface area contributed by atoms with Crippen molar-refractivity contribution in [3.05, 3.63) is 36.0 Å². The Hall–Kier alpha value is -2.38. The van der Waals surface area contributed by atoms with Crippen LogP contribution in [-0.2, 0) is 4.74 Å². The molecule has 7 nitrogen and oxygen atoms in total. The Morgan fingerprint density at radius 2 is 1.96 bits per heavy atom. The molecule has 1 aromatic heterocycles. The van der Waals surface area contributed by atoms with Gasteiger partial charge in [0, 0.05) is 37.9 Å². The lowest BCUT2D eigenvalue weighted by Gasteiger charge is -2.26. The predicted molar refractivity (Wildman–Crippen MR) is 108 cm³/mol. The van der Waals surface area contributed by atoms with E-state index in [1.165, 1.54) is 0 Å². The van der Waals surface area contributed by atoms with Crippen LogP contribution in [0.25, 0.3) is 0 Å². The number of rotatable bonds is 8.